The molecule has 1 aliphatic heterocycles. The number of para-hydroxylation sites is 1. The first kappa shape index (κ1) is 16.4. The van der Waals surface area contributed by atoms with Crippen LogP contribution in [-0.4, -0.2) is 45.9 Å². The van der Waals surface area contributed by atoms with E-state index in [-0.39, 0.29) is 6.61 Å². The van der Waals surface area contributed by atoms with Crippen molar-refractivity contribution in [2.75, 3.05) is 19.7 Å². The number of rotatable bonds is 6. The third kappa shape index (κ3) is 4.10. The summed E-state index contributed by atoms with van der Waals surface area (Å²) in [5.74, 6) is 0.870. The molecule has 2 unspecified atom stereocenters. The van der Waals surface area contributed by atoms with Crippen molar-refractivity contribution in [1.29, 1.82) is 5.26 Å². The van der Waals surface area contributed by atoms with E-state index in [1.54, 1.807) is 28.9 Å². The number of benzene rings is 1. The molecule has 2 aromatic rings. The Bertz CT molecular complexity index is 703. The van der Waals surface area contributed by atoms with Crippen LogP contribution in [0, 0.1) is 11.3 Å². The Kier molecular flexibility index (Phi) is 5.41. The molecule has 1 saturated heterocycles. The lowest BCUT2D eigenvalue weighted by molar-refractivity contribution is 0.0887. The summed E-state index contributed by atoms with van der Waals surface area (Å²) in [6, 6.07) is 9.04. The number of ether oxygens (including phenoxy) is 1. The van der Waals surface area contributed by atoms with Crippen molar-refractivity contribution in [3.8, 4) is 11.8 Å². The van der Waals surface area contributed by atoms with Crippen LogP contribution >= 0.6 is 0 Å². The van der Waals surface area contributed by atoms with Crippen LogP contribution < -0.4 is 10.1 Å². The number of piperidine rings is 1. The van der Waals surface area contributed by atoms with E-state index in [1.807, 2.05) is 6.20 Å². The molecule has 2 heterocycles. The van der Waals surface area contributed by atoms with Crippen LogP contribution in [0.25, 0.3) is 0 Å². The quantitative estimate of drug-likeness (QED) is 0.823. The van der Waals surface area contributed by atoms with Crippen LogP contribution in [0.3, 0.4) is 0 Å². The molecule has 7 nitrogen and oxygen atoms in total. The number of aliphatic hydroxyl groups is 1. The van der Waals surface area contributed by atoms with Crippen molar-refractivity contribution in [2.45, 2.75) is 31.4 Å². The maximum atomic E-state index is 10.1. The highest BCUT2D eigenvalue weighted by Crippen LogP contribution is 2.21. The normalized spacial score (nSPS) is 18.8. The van der Waals surface area contributed by atoms with E-state index in [0.717, 1.165) is 31.6 Å². The van der Waals surface area contributed by atoms with Crippen molar-refractivity contribution < 1.29 is 9.84 Å². The minimum atomic E-state index is -0.726. The first-order valence-corrected chi connectivity index (χ1v) is 8.17. The smallest absolute Gasteiger partial charge is 0.137 e. The van der Waals surface area contributed by atoms with Crippen LogP contribution in [0.1, 0.15) is 30.0 Å². The Labute approximate surface area is 140 Å². The third-order valence-corrected chi connectivity index (χ3v) is 4.11. The molecule has 24 heavy (non-hydrogen) atoms. The lowest BCUT2D eigenvalue weighted by Gasteiger charge is -2.20. The molecule has 7 heteroatoms. The minimum Gasteiger partial charge on any atom is -0.489 e. The molecular weight excluding hydrogens is 306 g/mol. The molecule has 3 rings (SSSR count). The average molecular weight is 327 g/mol. The molecule has 0 spiro atoms. The standard InChI is InChI=1S/C17H21N5O2/c18-8-13-4-1-2-6-17(13)24-12-15(23)10-22-11-16(20-21-22)14-5-3-7-19-9-14/h1-2,4,6,11,14-15,19,23H,3,5,7,9-10,12H2. The van der Waals surface area contributed by atoms with E-state index in [1.165, 1.54) is 0 Å². The van der Waals surface area contributed by atoms with Crippen molar-refractivity contribution in [1.82, 2.24) is 20.3 Å². The zero-order chi connectivity index (χ0) is 16.8. The topological polar surface area (TPSA) is 96.0 Å². The molecule has 0 amide bonds. The van der Waals surface area contributed by atoms with E-state index in [4.69, 9.17) is 10.00 Å². The summed E-state index contributed by atoms with van der Waals surface area (Å²) in [4.78, 5) is 0. The van der Waals surface area contributed by atoms with Gasteiger partial charge in [0.25, 0.3) is 0 Å². The molecule has 0 saturated carbocycles. The molecule has 1 aromatic heterocycles. The zero-order valence-electron chi connectivity index (χ0n) is 13.4. The summed E-state index contributed by atoms with van der Waals surface area (Å²) in [7, 11) is 0. The molecule has 0 bridgehead atoms. The molecule has 0 radical (unpaired) electrons. The monoisotopic (exact) mass is 327 g/mol. The number of hydrogen-bond acceptors (Lipinski definition) is 6. The Morgan fingerprint density at radius 1 is 1.46 bits per heavy atom. The van der Waals surface area contributed by atoms with Gasteiger partial charge in [-0.3, -0.25) is 0 Å². The lowest BCUT2D eigenvalue weighted by Crippen LogP contribution is -2.28. The van der Waals surface area contributed by atoms with Gasteiger partial charge in [-0.15, -0.1) is 5.10 Å². The zero-order valence-corrected chi connectivity index (χ0v) is 13.4. The summed E-state index contributed by atoms with van der Waals surface area (Å²) in [6.45, 7) is 2.39. The summed E-state index contributed by atoms with van der Waals surface area (Å²) in [6.07, 6.45) is 3.43. The van der Waals surface area contributed by atoms with Gasteiger partial charge in [0, 0.05) is 18.7 Å². The van der Waals surface area contributed by atoms with Crippen LogP contribution in [0.4, 0.5) is 0 Å². The molecule has 1 aromatic carbocycles. The predicted molar refractivity (Wildman–Crippen MR) is 87.5 cm³/mol. The largest absolute Gasteiger partial charge is 0.489 e. The van der Waals surface area contributed by atoms with Gasteiger partial charge in [-0.1, -0.05) is 17.3 Å². The van der Waals surface area contributed by atoms with Gasteiger partial charge in [0.2, 0.25) is 0 Å². The maximum Gasteiger partial charge on any atom is 0.137 e. The SMILES string of the molecule is N#Cc1ccccc1OCC(O)Cn1cc(C2CCCNC2)nn1. The summed E-state index contributed by atoms with van der Waals surface area (Å²) in [5.41, 5.74) is 1.42. The summed E-state index contributed by atoms with van der Waals surface area (Å²) in [5, 5.41) is 30.8. The Balaban J connectivity index is 1.52. The number of aliphatic hydroxyl groups excluding tert-OH is 1. The van der Waals surface area contributed by atoms with Gasteiger partial charge in [-0.05, 0) is 31.5 Å². The van der Waals surface area contributed by atoms with Crippen molar-refractivity contribution in [3.05, 3.63) is 41.7 Å². The highest BCUT2D eigenvalue weighted by Gasteiger charge is 2.19. The second-order valence-corrected chi connectivity index (χ2v) is 5.98. The van der Waals surface area contributed by atoms with Gasteiger partial charge in [0.1, 0.15) is 24.5 Å². The Hall–Kier alpha value is -2.43. The second kappa shape index (κ2) is 7.90. The molecule has 0 aliphatic carbocycles. The molecule has 126 valence electrons. The van der Waals surface area contributed by atoms with Crippen molar-refractivity contribution in [2.24, 2.45) is 0 Å². The predicted octanol–water partition coefficient (Wildman–Crippen LogP) is 1.06. The van der Waals surface area contributed by atoms with E-state index >= 15 is 0 Å². The third-order valence-electron chi connectivity index (χ3n) is 4.11. The molecule has 2 N–H and O–H groups in total. The van der Waals surface area contributed by atoms with Crippen LogP contribution in [-0.2, 0) is 6.54 Å². The van der Waals surface area contributed by atoms with Crippen molar-refractivity contribution >= 4 is 0 Å². The number of aromatic nitrogens is 3. The molecule has 1 fully saturated rings. The Morgan fingerprint density at radius 2 is 2.33 bits per heavy atom. The first-order chi connectivity index (χ1) is 11.8. The van der Waals surface area contributed by atoms with E-state index in [0.29, 0.717) is 23.8 Å². The molecule has 1 aliphatic rings. The van der Waals surface area contributed by atoms with Gasteiger partial charge in [-0.2, -0.15) is 5.26 Å². The average Bonchev–Trinajstić information content (AvgIpc) is 3.09. The van der Waals surface area contributed by atoms with Crippen molar-refractivity contribution in [3.63, 3.8) is 0 Å². The van der Waals surface area contributed by atoms with E-state index in [9.17, 15) is 5.11 Å². The van der Waals surface area contributed by atoms with Gasteiger partial charge in [-0.25, -0.2) is 4.68 Å². The van der Waals surface area contributed by atoms with Crippen LogP contribution in [0.2, 0.25) is 0 Å². The number of hydrogen-bond donors (Lipinski definition) is 2. The maximum absolute atomic E-state index is 10.1. The second-order valence-electron chi connectivity index (χ2n) is 5.98. The fraction of sp³-hybridized carbons (Fsp3) is 0.471. The molecular formula is C17H21N5O2. The van der Waals surface area contributed by atoms with Gasteiger partial charge in [0.05, 0.1) is 17.8 Å². The number of nitriles is 1. The fourth-order valence-electron chi connectivity index (χ4n) is 2.83. The number of nitrogens with one attached hydrogen (secondary N) is 1. The highest BCUT2D eigenvalue weighted by molar-refractivity contribution is 5.42. The van der Waals surface area contributed by atoms with E-state index < -0.39 is 6.10 Å². The number of nitrogens with zero attached hydrogens (tertiary/aromatic N) is 4. The Morgan fingerprint density at radius 3 is 3.12 bits per heavy atom. The fourth-order valence-corrected chi connectivity index (χ4v) is 2.83. The van der Waals surface area contributed by atoms with Gasteiger partial charge >= 0.3 is 0 Å². The van der Waals surface area contributed by atoms with Gasteiger partial charge in [0.15, 0.2) is 0 Å². The summed E-state index contributed by atoms with van der Waals surface area (Å²) < 4.78 is 7.19. The first-order valence-electron chi connectivity index (χ1n) is 8.17. The minimum absolute atomic E-state index is 0.0961. The van der Waals surface area contributed by atoms with Crippen LogP contribution in [0.5, 0.6) is 5.75 Å². The lowest BCUT2D eigenvalue weighted by atomic mass is 9.97. The van der Waals surface area contributed by atoms with E-state index in [2.05, 4.69) is 21.7 Å². The highest BCUT2D eigenvalue weighted by atomic mass is 16.5. The summed E-state index contributed by atoms with van der Waals surface area (Å²) >= 11 is 0. The van der Waals surface area contributed by atoms with Gasteiger partial charge < -0.3 is 15.2 Å². The van der Waals surface area contributed by atoms with Crippen LogP contribution in [0.15, 0.2) is 30.5 Å². The molecule has 2 atom stereocenters.